The van der Waals surface area contributed by atoms with E-state index in [-0.39, 0.29) is 24.3 Å². The smallest absolute Gasteiger partial charge is 0.242 e. The van der Waals surface area contributed by atoms with Gasteiger partial charge in [0.25, 0.3) is 0 Å². The van der Waals surface area contributed by atoms with Crippen LogP contribution in [0, 0.1) is 0 Å². The van der Waals surface area contributed by atoms with Crippen LogP contribution in [0.15, 0.2) is 30.5 Å². The Morgan fingerprint density at radius 2 is 2.00 bits per heavy atom. The first kappa shape index (κ1) is 21.6. The summed E-state index contributed by atoms with van der Waals surface area (Å²) < 4.78 is 0. The van der Waals surface area contributed by atoms with Gasteiger partial charge in [0.05, 0.1) is 12.2 Å². The third kappa shape index (κ3) is 4.82. The Morgan fingerprint density at radius 1 is 1.23 bits per heavy atom. The van der Waals surface area contributed by atoms with E-state index in [0.717, 1.165) is 36.1 Å². The zero-order valence-electron chi connectivity index (χ0n) is 18.1. The zero-order valence-corrected chi connectivity index (χ0v) is 18.8. The minimum atomic E-state index is 0.0421. The first-order chi connectivity index (χ1) is 14.9. The van der Waals surface area contributed by atoms with E-state index in [9.17, 15) is 9.59 Å². The number of amides is 2. The fourth-order valence-electron chi connectivity index (χ4n) is 4.33. The summed E-state index contributed by atoms with van der Waals surface area (Å²) in [5, 5.41) is 0.678. The number of benzene rings is 1. The lowest BCUT2D eigenvalue weighted by Crippen LogP contribution is -2.44. The number of nitrogens with zero attached hydrogens (tertiary/aromatic N) is 5. The van der Waals surface area contributed by atoms with E-state index >= 15 is 0 Å². The lowest BCUT2D eigenvalue weighted by molar-refractivity contribution is -0.139. The van der Waals surface area contributed by atoms with Crippen LogP contribution in [0.3, 0.4) is 0 Å². The van der Waals surface area contributed by atoms with Crippen LogP contribution in [0.1, 0.15) is 37.3 Å². The van der Waals surface area contributed by atoms with Crippen molar-refractivity contribution in [1.82, 2.24) is 19.8 Å². The number of aromatic nitrogens is 2. The van der Waals surface area contributed by atoms with Gasteiger partial charge in [0.1, 0.15) is 0 Å². The summed E-state index contributed by atoms with van der Waals surface area (Å²) in [6.07, 6.45) is 4.94. The average Bonchev–Trinajstić information content (AvgIpc) is 3.17. The van der Waals surface area contributed by atoms with Gasteiger partial charge in [-0.15, -0.1) is 0 Å². The van der Waals surface area contributed by atoms with Gasteiger partial charge in [-0.2, -0.15) is 0 Å². The van der Waals surface area contributed by atoms with Crippen LogP contribution in [0.5, 0.6) is 0 Å². The molecule has 0 spiro atoms. The molecule has 0 saturated carbocycles. The molecule has 7 nitrogen and oxygen atoms in total. The highest BCUT2D eigenvalue weighted by atomic mass is 35.5. The number of carbonyl (C=O) groups excluding carboxylic acids is 2. The Hall–Kier alpha value is -2.67. The third-order valence-electron chi connectivity index (χ3n) is 6.07. The van der Waals surface area contributed by atoms with Crippen molar-refractivity contribution in [3.8, 4) is 11.1 Å². The van der Waals surface area contributed by atoms with Crippen molar-refractivity contribution in [1.29, 1.82) is 0 Å². The van der Waals surface area contributed by atoms with Gasteiger partial charge in [-0.3, -0.25) is 9.59 Å². The largest absolute Gasteiger partial charge is 0.347 e. The van der Waals surface area contributed by atoms with Crippen LogP contribution in [0.25, 0.3) is 11.1 Å². The van der Waals surface area contributed by atoms with Crippen molar-refractivity contribution < 1.29 is 9.59 Å². The van der Waals surface area contributed by atoms with Gasteiger partial charge in [0.15, 0.2) is 0 Å². The lowest BCUT2D eigenvalue weighted by atomic mass is 9.89. The summed E-state index contributed by atoms with van der Waals surface area (Å²) >= 11 is 6.23. The monoisotopic (exact) mass is 441 g/mol. The highest BCUT2D eigenvalue weighted by Crippen LogP contribution is 2.35. The molecule has 0 aliphatic carbocycles. The molecule has 2 saturated heterocycles. The second-order valence-corrected chi connectivity index (χ2v) is 8.88. The molecule has 0 radical (unpaired) electrons. The molecule has 2 aliphatic rings. The van der Waals surface area contributed by atoms with Gasteiger partial charge in [0.2, 0.25) is 17.8 Å². The first-order valence-electron chi connectivity index (χ1n) is 10.8. The fraction of sp³-hybridized carbons (Fsp3) is 0.478. The van der Waals surface area contributed by atoms with Gasteiger partial charge in [-0.25, -0.2) is 9.97 Å². The van der Waals surface area contributed by atoms with E-state index in [1.807, 2.05) is 54.4 Å². The molecule has 4 rings (SSSR count). The number of carbonyl (C=O) groups is 2. The molecule has 1 aromatic carbocycles. The second-order valence-electron chi connectivity index (χ2n) is 8.45. The van der Waals surface area contributed by atoms with Gasteiger partial charge < -0.3 is 14.7 Å². The molecule has 2 fully saturated rings. The first-order valence-corrected chi connectivity index (χ1v) is 11.2. The van der Waals surface area contributed by atoms with Crippen molar-refractivity contribution in [2.45, 2.75) is 31.6 Å². The maximum atomic E-state index is 12.7. The summed E-state index contributed by atoms with van der Waals surface area (Å²) in [7, 11) is 3.86. The average molecular weight is 442 g/mol. The fourth-order valence-corrected chi connectivity index (χ4v) is 4.52. The molecule has 0 unspecified atom stereocenters. The van der Waals surface area contributed by atoms with Crippen LogP contribution in [0.2, 0.25) is 5.02 Å². The minimum absolute atomic E-state index is 0.0421. The van der Waals surface area contributed by atoms with Crippen LogP contribution < -0.4 is 4.90 Å². The summed E-state index contributed by atoms with van der Waals surface area (Å²) in [5.74, 6) is 1.03. The SMILES string of the molecule is CN(C)c1ncc(-c2cccc(Cl)c2)c(C2CCN(C(=O)CN3CCCC3=O)CC2)n1. The zero-order chi connectivity index (χ0) is 22.0. The van der Waals surface area contributed by atoms with Gasteiger partial charge in [-0.1, -0.05) is 23.7 Å². The van der Waals surface area contributed by atoms with E-state index in [0.29, 0.717) is 37.0 Å². The van der Waals surface area contributed by atoms with Crippen molar-refractivity contribution >= 4 is 29.4 Å². The number of anilines is 1. The third-order valence-corrected chi connectivity index (χ3v) is 6.31. The molecule has 1 aromatic heterocycles. The maximum absolute atomic E-state index is 12.7. The maximum Gasteiger partial charge on any atom is 0.242 e. The van der Waals surface area contributed by atoms with Crippen molar-refractivity contribution in [3.63, 3.8) is 0 Å². The summed E-state index contributed by atoms with van der Waals surface area (Å²) in [5.41, 5.74) is 2.99. The Bertz CT molecular complexity index is 972. The normalized spacial score (nSPS) is 17.3. The number of piperidine rings is 1. The number of halogens is 1. The van der Waals surface area contributed by atoms with Crippen LogP contribution in [0.4, 0.5) is 5.95 Å². The molecule has 2 aliphatic heterocycles. The van der Waals surface area contributed by atoms with E-state index in [1.54, 1.807) is 4.90 Å². The summed E-state index contributed by atoms with van der Waals surface area (Å²) in [4.78, 5) is 39.4. The van der Waals surface area contributed by atoms with Gasteiger partial charge in [0, 0.05) is 62.9 Å². The summed E-state index contributed by atoms with van der Waals surface area (Å²) in [6, 6.07) is 7.75. The molecule has 2 aromatic rings. The molecule has 31 heavy (non-hydrogen) atoms. The van der Waals surface area contributed by atoms with E-state index in [4.69, 9.17) is 16.6 Å². The molecule has 0 N–H and O–H groups in total. The molecule has 8 heteroatoms. The highest BCUT2D eigenvalue weighted by Gasteiger charge is 2.30. The van der Waals surface area contributed by atoms with Crippen LogP contribution in [-0.2, 0) is 9.59 Å². The predicted octanol–water partition coefficient (Wildman–Crippen LogP) is 3.19. The van der Waals surface area contributed by atoms with E-state index in [1.165, 1.54) is 0 Å². The predicted molar refractivity (Wildman–Crippen MR) is 121 cm³/mol. The Labute approximate surface area is 188 Å². The lowest BCUT2D eigenvalue weighted by Gasteiger charge is -2.33. The van der Waals surface area contributed by atoms with E-state index in [2.05, 4.69) is 4.98 Å². The number of likely N-dealkylation sites (tertiary alicyclic amines) is 2. The number of rotatable bonds is 5. The van der Waals surface area contributed by atoms with Crippen molar-refractivity contribution in [3.05, 3.63) is 41.2 Å². The van der Waals surface area contributed by atoms with E-state index < -0.39 is 0 Å². The Balaban J connectivity index is 1.51. The molecular formula is C23H28ClN5O2. The van der Waals surface area contributed by atoms with Crippen molar-refractivity contribution in [2.24, 2.45) is 0 Å². The summed E-state index contributed by atoms with van der Waals surface area (Å²) in [6.45, 7) is 2.23. The Morgan fingerprint density at radius 3 is 2.65 bits per heavy atom. The van der Waals surface area contributed by atoms with Crippen LogP contribution in [-0.4, -0.2) is 71.9 Å². The molecule has 0 atom stereocenters. The highest BCUT2D eigenvalue weighted by molar-refractivity contribution is 6.30. The molecule has 0 bridgehead atoms. The molecular weight excluding hydrogens is 414 g/mol. The number of hydrogen-bond donors (Lipinski definition) is 0. The van der Waals surface area contributed by atoms with Gasteiger partial charge >= 0.3 is 0 Å². The van der Waals surface area contributed by atoms with Gasteiger partial charge in [-0.05, 0) is 37.0 Å². The standard InChI is InChI=1S/C23H28ClN5O2/c1-27(2)23-25-14-19(17-5-3-6-18(24)13-17)22(26-23)16-8-11-28(12-9-16)21(31)15-29-10-4-7-20(29)30/h3,5-6,13-14,16H,4,7-12,15H2,1-2H3. The number of hydrogen-bond acceptors (Lipinski definition) is 5. The minimum Gasteiger partial charge on any atom is -0.347 e. The Kier molecular flexibility index (Phi) is 6.41. The topological polar surface area (TPSA) is 69.6 Å². The molecule has 164 valence electrons. The van der Waals surface area contributed by atoms with Crippen molar-refractivity contribution in [2.75, 3.05) is 45.2 Å². The molecule has 2 amide bonds. The molecule has 3 heterocycles. The second kappa shape index (κ2) is 9.22. The quantitative estimate of drug-likeness (QED) is 0.712. The van der Waals surface area contributed by atoms with Crippen LogP contribution >= 0.6 is 11.6 Å².